The smallest absolute Gasteiger partial charge is 0.0177 e. The Balaban J connectivity index is 1.92. The van der Waals surface area contributed by atoms with E-state index < -0.39 is 0 Å². The van der Waals surface area contributed by atoms with Gasteiger partial charge in [-0.05, 0) is 60.9 Å². The summed E-state index contributed by atoms with van der Waals surface area (Å²) in [6, 6.07) is 1.40. The molecule has 0 saturated heterocycles. The van der Waals surface area contributed by atoms with Crippen molar-refractivity contribution in [1.82, 2.24) is 5.32 Å². The number of thioether (sulfide) groups is 1. The second kappa shape index (κ2) is 5.36. The molecule has 1 N–H and O–H groups in total. The summed E-state index contributed by atoms with van der Waals surface area (Å²) >= 11 is 2.07. The summed E-state index contributed by atoms with van der Waals surface area (Å²) in [5.41, 5.74) is 1.07. The molecule has 106 valence electrons. The van der Waals surface area contributed by atoms with Gasteiger partial charge in [-0.1, -0.05) is 27.7 Å². The van der Waals surface area contributed by atoms with Gasteiger partial charge >= 0.3 is 0 Å². The van der Waals surface area contributed by atoms with Crippen molar-refractivity contribution in [2.45, 2.75) is 72.4 Å². The van der Waals surface area contributed by atoms with Crippen LogP contribution in [-0.4, -0.2) is 23.6 Å². The molecule has 18 heavy (non-hydrogen) atoms. The summed E-state index contributed by atoms with van der Waals surface area (Å²) in [5, 5.41) is 3.99. The number of fused-ring (bicyclic) bond motifs is 2. The van der Waals surface area contributed by atoms with Gasteiger partial charge < -0.3 is 5.32 Å². The fraction of sp³-hybridized carbons (Fsp3) is 1.00. The predicted molar refractivity (Wildman–Crippen MR) is 83.2 cm³/mol. The minimum absolute atomic E-state index is 0.499. The fourth-order valence-corrected chi connectivity index (χ4v) is 5.30. The van der Waals surface area contributed by atoms with Gasteiger partial charge in [-0.25, -0.2) is 0 Å². The molecule has 1 nitrogen and oxygen atoms in total. The lowest BCUT2D eigenvalue weighted by Gasteiger charge is -2.44. The molecule has 0 radical (unpaired) electrons. The van der Waals surface area contributed by atoms with Crippen LogP contribution in [-0.2, 0) is 0 Å². The van der Waals surface area contributed by atoms with Crippen LogP contribution in [0.3, 0.4) is 0 Å². The Labute approximate surface area is 118 Å². The maximum Gasteiger partial charge on any atom is 0.0177 e. The van der Waals surface area contributed by atoms with Crippen LogP contribution < -0.4 is 5.32 Å². The van der Waals surface area contributed by atoms with Crippen LogP contribution in [0.5, 0.6) is 0 Å². The largest absolute Gasteiger partial charge is 0.310 e. The Morgan fingerprint density at radius 1 is 1.33 bits per heavy atom. The van der Waals surface area contributed by atoms with E-state index in [-0.39, 0.29) is 0 Å². The highest BCUT2D eigenvalue weighted by Gasteiger charge is 2.59. The highest BCUT2D eigenvalue weighted by Crippen LogP contribution is 2.62. The zero-order chi connectivity index (χ0) is 13.4. The molecule has 0 spiro atoms. The highest BCUT2D eigenvalue weighted by atomic mass is 32.2. The SMILES string of the molecule is CCSCCC(C)NC1C(C)(C)[C@H]2CC[C@]1(C)C2. The molecule has 2 aliphatic carbocycles. The summed E-state index contributed by atoms with van der Waals surface area (Å²) in [6.07, 6.45) is 5.66. The molecule has 2 unspecified atom stereocenters. The Morgan fingerprint density at radius 2 is 2.06 bits per heavy atom. The molecular weight excluding hydrogens is 238 g/mol. The van der Waals surface area contributed by atoms with Gasteiger partial charge in [0, 0.05) is 12.1 Å². The van der Waals surface area contributed by atoms with E-state index in [4.69, 9.17) is 0 Å². The second-order valence-electron chi connectivity index (χ2n) is 7.40. The zero-order valence-electron chi connectivity index (χ0n) is 12.9. The monoisotopic (exact) mass is 269 g/mol. The first-order valence-corrected chi connectivity index (χ1v) is 8.89. The van der Waals surface area contributed by atoms with Crippen LogP contribution in [0.1, 0.15) is 60.3 Å². The van der Waals surface area contributed by atoms with E-state index in [1.165, 1.54) is 37.2 Å². The quantitative estimate of drug-likeness (QED) is 0.721. The van der Waals surface area contributed by atoms with Crippen molar-refractivity contribution in [2.24, 2.45) is 16.7 Å². The standard InChI is InChI=1S/C16H31NS/c1-6-18-10-8-12(2)17-14-15(3,4)13-7-9-16(14,5)11-13/h12-14,17H,6-11H2,1-5H3/t12?,13-,14?,16+/m0/s1. The van der Waals surface area contributed by atoms with Gasteiger partial charge in [0.2, 0.25) is 0 Å². The third-order valence-corrected chi connectivity index (χ3v) is 6.55. The lowest BCUT2D eigenvalue weighted by Crippen LogP contribution is -2.53. The number of nitrogens with one attached hydrogen (secondary N) is 1. The van der Waals surface area contributed by atoms with E-state index >= 15 is 0 Å². The Hall–Kier alpha value is 0.310. The maximum absolute atomic E-state index is 3.99. The fourth-order valence-electron chi connectivity index (χ4n) is 4.49. The lowest BCUT2D eigenvalue weighted by molar-refractivity contribution is 0.0999. The minimum Gasteiger partial charge on any atom is -0.310 e. The molecule has 2 bridgehead atoms. The third kappa shape index (κ3) is 2.60. The van der Waals surface area contributed by atoms with Crippen molar-refractivity contribution < 1.29 is 0 Å². The van der Waals surface area contributed by atoms with E-state index in [1.54, 1.807) is 0 Å². The molecule has 0 aromatic carbocycles. The molecule has 2 aliphatic rings. The van der Waals surface area contributed by atoms with Gasteiger partial charge in [-0.15, -0.1) is 0 Å². The second-order valence-corrected chi connectivity index (χ2v) is 8.80. The van der Waals surface area contributed by atoms with Crippen LogP contribution in [0.4, 0.5) is 0 Å². The van der Waals surface area contributed by atoms with Gasteiger partial charge in [-0.2, -0.15) is 11.8 Å². The van der Waals surface area contributed by atoms with E-state index in [2.05, 4.69) is 51.7 Å². The molecule has 2 heteroatoms. The molecule has 2 rings (SSSR count). The average Bonchev–Trinajstić information content (AvgIpc) is 2.76. The highest BCUT2D eigenvalue weighted by molar-refractivity contribution is 7.99. The van der Waals surface area contributed by atoms with Crippen molar-refractivity contribution in [3.8, 4) is 0 Å². The molecule has 2 saturated carbocycles. The van der Waals surface area contributed by atoms with E-state index in [0.29, 0.717) is 16.9 Å². The van der Waals surface area contributed by atoms with Gasteiger partial charge in [-0.3, -0.25) is 0 Å². The molecular formula is C16H31NS. The summed E-state index contributed by atoms with van der Waals surface area (Å²) in [7, 11) is 0. The van der Waals surface area contributed by atoms with Crippen LogP contribution in [0.25, 0.3) is 0 Å². The Kier molecular flexibility index (Phi) is 4.38. The number of hydrogen-bond acceptors (Lipinski definition) is 2. The zero-order valence-corrected chi connectivity index (χ0v) is 13.7. The molecule has 0 aromatic rings. The minimum atomic E-state index is 0.499. The van der Waals surface area contributed by atoms with Crippen molar-refractivity contribution in [2.75, 3.05) is 11.5 Å². The van der Waals surface area contributed by atoms with E-state index in [9.17, 15) is 0 Å². The van der Waals surface area contributed by atoms with Gasteiger partial charge in [0.05, 0.1) is 0 Å². The van der Waals surface area contributed by atoms with Crippen molar-refractivity contribution in [3.63, 3.8) is 0 Å². The molecule has 0 amide bonds. The van der Waals surface area contributed by atoms with Crippen LogP contribution in [0.2, 0.25) is 0 Å². The van der Waals surface area contributed by atoms with Crippen molar-refractivity contribution in [1.29, 1.82) is 0 Å². The molecule has 2 fully saturated rings. The van der Waals surface area contributed by atoms with Crippen LogP contribution in [0, 0.1) is 16.7 Å². The van der Waals surface area contributed by atoms with Crippen LogP contribution >= 0.6 is 11.8 Å². The number of hydrogen-bond donors (Lipinski definition) is 1. The van der Waals surface area contributed by atoms with Crippen molar-refractivity contribution >= 4 is 11.8 Å². The first-order valence-electron chi connectivity index (χ1n) is 7.74. The number of rotatable bonds is 6. The maximum atomic E-state index is 3.99. The summed E-state index contributed by atoms with van der Waals surface area (Å²) in [6.45, 7) is 12.1. The lowest BCUT2D eigenvalue weighted by atomic mass is 9.68. The Bertz CT molecular complexity index is 284. The average molecular weight is 269 g/mol. The van der Waals surface area contributed by atoms with Gasteiger partial charge in [0.1, 0.15) is 0 Å². The third-order valence-electron chi connectivity index (χ3n) is 5.62. The normalized spacial score (nSPS) is 39.2. The van der Waals surface area contributed by atoms with Crippen molar-refractivity contribution in [3.05, 3.63) is 0 Å². The van der Waals surface area contributed by atoms with Gasteiger partial charge in [0.25, 0.3) is 0 Å². The first kappa shape index (κ1) is 14.7. The van der Waals surface area contributed by atoms with Gasteiger partial charge in [0.15, 0.2) is 0 Å². The summed E-state index contributed by atoms with van der Waals surface area (Å²) in [5.74, 6) is 3.51. The summed E-state index contributed by atoms with van der Waals surface area (Å²) < 4.78 is 0. The summed E-state index contributed by atoms with van der Waals surface area (Å²) in [4.78, 5) is 0. The topological polar surface area (TPSA) is 12.0 Å². The molecule has 0 aromatic heterocycles. The van der Waals surface area contributed by atoms with E-state index in [1.807, 2.05) is 0 Å². The molecule has 0 heterocycles. The van der Waals surface area contributed by atoms with E-state index in [0.717, 1.165) is 12.0 Å². The molecule has 4 atom stereocenters. The Morgan fingerprint density at radius 3 is 2.61 bits per heavy atom. The van der Waals surface area contributed by atoms with Crippen LogP contribution in [0.15, 0.2) is 0 Å². The first-order chi connectivity index (χ1) is 8.40. The molecule has 0 aliphatic heterocycles. The predicted octanol–water partition coefficient (Wildman–Crippen LogP) is 4.32.